The zero-order valence-electron chi connectivity index (χ0n) is 10.7. The first-order valence-corrected chi connectivity index (χ1v) is 6.30. The Hall–Kier alpha value is -2.36. The molecule has 0 aliphatic carbocycles. The van der Waals surface area contributed by atoms with Gasteiger partial charge in [-0.1, -0.05) is 12.1 Å². The molecule has 1 aliphatic heterocycles. The maximum Gasteiger partial charge on any atom is 0.111 e. The Morgan fingerprint density at radius 1 is 0.895 bits per heavy atom. The smallest absolute Gasteiger partial charge is 0.111 e. The molecule has 4 heteroatoms. The lowest BCUT2D eigenvalue weighted by Gasteiger charge is -2.17. The summed E-state index contributed by atoms with van der Waals surface area (Å²) in [4.78, 5) is 18.1. The van der Waals surface area contributed by atoms with Gasteiger partial charge in [-0.2, -0.15) is 0 Å². The second-order valence-corrected chi connectivity index (χ2v) is 4.45. The van der Waals surface area contributed by atoms with Gasteiger partial charge in [-0.15, -0.1) is 0 Å². The molecule has 0 radical (unpaired) electrons. The first kappa shape index (κ1) is 11.7. The van der Waals surface area contributed by atoms with E-state index >= 15 is 0 Å². The Labute approximate surface area is 112 Å². The van der Waals surface area contributed by atoms with Crippen molar-refractivity contribution in [1.82, 2.24) is 9.97 Å². The van der Waals surface area contributed by atoms with E-state index < -0.39 is 0 Å². The summed E-state index contributed by atoms with van der Waals surface area (Å²) in [5, 5.41) is 0. The number of aromatic nitrogens is 2. The number of pyridine rings is 2. The molecule has 0 saturated carbocycles. The Kier molecular flexibility index (Phi) is 3.14. The maximum absolute atomic E-state index is 4.69. The number of aliphatic imine (C=N–C) groups is 2. The van der Waals surface area contributed by atoms with Crippen LogP contribution in [0.1, 0.15) is 18.3 Å². The van der Waals surface area contributed by atoms with Gasteiger partial charge in [0.25, 0.3) is 0 Å². The van der Waals surface area contributed by atoms with Gasteiger partial charge in [-0.05, 0) is 31.2 Å². The summed E-state index contributed by atoms with van der Waals surface area (Å²) in [6.45, 7) is 2.75. The van der Waals surface area contributed by atoms with E-state index in [0.29, 0.717) is 6.54 Å². The molecule has 0 aromatic carbocycles. The zero-order chi connectivity index (χ0) is 13.1. The van der Waals surface area contributed by atoms with Gasteiger partial charge >= 0.3 is 0 Å². The molecule has 0 bridgehead atoms. The largest absolute Gasteiger partial charge is 0.279 e. The van der Waals surface area contributed by atoms with E-state index in [4.69, 9.17) is 4.99 Å². The van der Waals surface area contributed by atoms with Crippen molar-refractivity contribution < 1.29 is 0 Å². The Morgan fingerprint density at radius 2 is 1.53 bits per heavy atom. The van der Waals surface area contributed by atoms with Crippen molar-refractivity contribution in [3.63, 3.8) is 0 Å². The molecule has 0 spiro atoms. The molecule has 0 N–H and O–H groups in total. The van der Waals surface area contributed by atoms with Crippen molar-refractivity contribution in [3.8, 4) is 0 Å². The van der Waals surface area contributed by atoms with E-state index in [0.717, 1.165) is 22.8 Å². The maximum atomic E-state index is 4.69. The van der Waals surface area contributed by atoms with Crippen molar-refractivity contribution in [2.45, 2.75) is 13.0 Å². The van der Waals surface area contributed by atoms with E-state index in [2.05, 4.69) is 21.9 Å². The molecule has 3 rings (SSSR count). The monoisotopic (exact) mass is 250 g/mol. The summed E-state index contributed by atoms with van der Waals surface area (Å²) in [6.07, 6.45) is 3.54. The third-order valence-electron chi connectivity index (χ3n) is 2.90. The molecule has 0 unspecified atom stereocenters. The van der Waals surface area contributed by atoms with Crippen molar-refractivity contribution in [1.29, 1.82) is 0 Å². The molecule has 1 aliphatic rings. The lowest BCUT2D eigenvalue weighted by molar-refractivity contribution is 0.748. The van der Waals surface area contributed by atoms with Gasteiger partial charge < -0.3 is 0 Å². The fourth-order valence-electron chi connectivity index (χ4n) is 2.02. The van der Waals surface area contributed by atoms with Gasteiger partial charge in [0.05, 0.1) is 24.0 Å². The van der Waals surface area contributed by atoms with Crippen LogP contribution in [0.25, 0.3) is 0 Å². The molecular weight excluding hydrogens is 236 g/mol. The van der Waals surface area contributed by atoms with Crippen molar-refractivity contribution in [2.24, 2.45) is 9.98 Å². The summed E-state index contributed by atoms with van der Waals surface area (Å²) < 4.78 is 0. The van der Waals surface area contributed by atoms with Gasteiger partial charge in [0.1, 0.15) is 11.4 Å². The second-order valence-electron chi connectivity index (χ2n) is 4.45. The van der Waals surface area contributed by atoms with Gasteiger partial charge in [0.2, 0.25) is 0 Å². The summed E-state index contributed by atoms with van der Waals surface area (Å²) >= 11 is 0. The molecule has 1 atom stereocenters. The van der Waals surface area contributed by atoms with Crippen LogP contribution in [0.15, 0.2) is 58.8 Å². The van der Waals surface area contributed by atoms with Crippen molar-refractivity contribution in [3.05, 3.63) is 60.2 Å². The molecule has 94 valence electrons. The number of rotatable bonds is 2. The highest BCUT2D eigenvalue weighted by Gasteiger charge is 2.20. The summed E-state index contributed by atoms with van der Waals surface area (Å²) in [7, 11) is 0. The molecule has 0 amide bonds. The van der Waals surface area contributed by atoms with E-state index in [1.165, 1.54) is 0 Å². The third-order valence-corrected chi connectivity index (χ3v) is 2.90. The zero-order valence-corrected chi connectivity index (χ0v) is 10.7. The Bertz CT molecular complexity index is 617. The molecule has 0 saturated heterocycles. The first-order valence-electron chi connectivity index (χ1n) is 6.30. The lowest BCUT2D eigenvalue weighted by atomic mass is 10.1. The first-order chi connectivity index (χ1) is 9.34. The topological polar surface area (TPSA) is 50.5 Å². The normalized spacial score (nSPS) is 18.7. The summed E-state index contributed by atoms with van der Waals surface area (Å²) in [5.41, 5.74) is 3.35. The molecule has 19 heavy (non-hydrogen) atoms. The summed E-state index contributed by atoms with van der Waals surface area (Å²) in [6, 6.07) is 11.8. The fraction of sp³-hybridized carbons (Fsp3) is 0.200. The highest BCUT2D eigenvalue weighted by atomic mass is 15.0. The van der Waals surface area contributed by atoms with Gasteiger partial charge in [0, 0.05) is 12.4 Å². The average Bonchev–Trinajstić information content (AvgIpc) is 2.49. The van der Waals surface area contributed by atoms with E-state index in [9.17, 15) is 0 Å². The van der Waals surface area contributed by atoms with E-state index in [1.807, 2.05) is 36.4 Å². The molecule has 2 aromatic heterocycles. The average molecular weight is 250 g/mol. The highest BCUT2D eigenvalue weighted by Crippen LogP contribution is 2.12. The second kappa shape index (κ2) is 5.10. The quantitative estimate of drug-likeness (QED) is 0.820. The number of nitrogens with zero attached hydrogens (tertiary/aromatic N) is 4. The van der Waals surface area contributed by atoms with Crippen LogP contribution < -0.4 is 0 Å². The lowest BCUT2D eigenvalue weighted by Crippen LogP contribution is -2.27. The van der Waals surface area contributed by atoms with Crippen LogP contribution >= 0.6 is 0 Å². The summed E-state index contributed by atoms with van der Waals surface area (Å²) in [5.74, 6) is 0. The molecule has 4 nitrogen and oxygen atoms in total. The van der Waals surface area contributed by atoms with Crippen LogP contribution in [0, 0.1) is 0 Å². The van der Waals surface area contributed by atoms with Crippen molar-refractivity contribution >= 4 is 11.4 Å². The molecule has 3 heterocycles. The van der Waals surface area contributed by atoms with Crippen LogP contribution in [0.4, 0.5) is 0 Å². The molecular formula is C15H14N4. The van der Waals surface area contributed by atoms with E-state index in [1.54, 1.807) is 12.4 Å². The van der Waals surface area contributed by atoms with Gasteiger partial charge in [0.15, 0.2) is 0 Å². The third kappa shape index (κ3) is 2.42. The number of hydrogen-bond donors (Lipinski definition) is 0. The molecule has 0 fully saturated rings. The fourth-order valence-corrected chi connectivity index (χ4v) is 2.02. The van der Waals surface area contributed by atoms with Crippen LogP contribution in [0.2, 0.25) is 0 Å². The van der Waals surface area contributed by atoms with Crippen LogP contribution in [0.3, 0.4) is 0 Å². The van der Waals surface area contributed by atoms with Crippen LogP contribution in [-0.2, 0) is 0 Å². The minimum atomic E-state index is 0.185. The van der Waals surface area contributed by atoms with Crippen LogP contribution in [-0.4, -0.2) is 34.0 Å². The Balaban J connectivity index is 2.07. The van der Waals surface area contributed by atoms with Gasteiger partial charge in [-0.25, -0.2) is 0 Å². The van der Waals surface area contributed by atoms with Gasteiger partial charge in [-0.3, -0.25) is 20.0 Å². The molecule has 2 aromatic rings. The predicted molar refractivity (Wildman–Crippen MR) is 75.9 cm³/mol. The predicted octanol–water partition coefficient (Wildman–Crippen LogP) is 2.16. The minimum Gasteiger partial charge on any atom is -0.279 e. The van der Waals surface area contributed by atoms with Crippen LogP contribution in [0.5, 0.6) is 0 Å². The highest BCUT2D eigenvalue weighted by molar-refractivity contribution is 6.53. The number of hydrogen-bond acceptors (Lipinski definition) is 4. The SMILES string of the molecule is C[C@H]1CN=C(c2ccccn2)C(c2ccccn2)=N1. The Morgan fingerprint density at radius 3 is 2.11 bits per heavy atom. The standard InChI is InChI=1S/C15H14N4/c1-11-10-18-14(12-6-2-4-8-16-12)15(19-11)13-7-3-5-9-17-13/h2-9,11H,10H2,1H3/t11-/m0/s1. The van der Waals surface area contributed by atoms with E-state index in [-0.39, 0.29) is 6.04 Å². The van der Waals surface area contributed by atoms with Crippen molar-refractivity contribution in [2.75, 3.05) is 6.54 Å². The minimum absolute atomic E-state index is 0.185.